The van der Waals surface area contributed by atoms with Crippen molar-refractivity contribution in [1.29, 1.82) is 0 Å². The molecule has 0 bridgehead atoms. The number of rotatable bonds is 3. The van der Waals surface area contributed by atoms with Crippen LogP contribution in [0.25, 0.3) is 10.9 Å². The minimum atomic E-state index is -0.756. The SMILES string of the molecule is CC(CC(=O)O)c1c[nH]c2ccc(C(C)(C)C)cc12. The van der Waals surface area contributed by atoms with Crippen molar-refractivity contribution in [3.8, 4) is 0 Å². The molecule has 0 saturated carbocycles. The average molecular weight is 259 g/mol. The summed E-state index contributed by atoms with van der Waals surface area (Å²) in [6, 6.07) is 6.39. The van der Waals surface area contributed by atoms with Gasteiger partial charge in [0.05, 0.1) is 6.42 Å². The molecular formula is C16H21NO2. The lowest BCUT2D eigenvalue weighted by atomic mass is 9.85. The van der Waals surface area contributed by atoms with Crippen molar-refractivity contribution in [1.82, 2.24) is 4.98 Å². The zero-order valence-corrected chi connectivity index (χ0v) is 11.9. The fourth-order valence-corrected chi connectivity index (χ4v) is 2.39. The Kier molecular flexibility index (Phi) is 3.40. The molecule has 1 unspecified atom stereocenters. The number of aromatic nitrogens is 1. The molecule has 2 rings (SSSR count). The molecule has 102 valence electrons. The zero-order valence-electron chi connectivity index (χ0n) is 11.9. The van der Waals surface area contributed by atoms with Gasteiger partial charge in [-0.15, -0.1) is 0 Å². The van der Waals surface area contributed by atoms with Crippen LogP contribution in [0.1, 0.15) is 51.2 Å². The third kappa shape index (κ3) is 2.80. The van der Waals surface area contributed by atoms with Gasteiger partial charge in [-0.1, -0.05) is 33.8 Å². The van der Waals surface area contributed by atoms with Gasteiger partial charge in [0.1, 0.15) is 0 Å². The molecule has 0 radical (unpaired) electrons. The van der Waals surface area contributed by atoms with E-state index >= 15 is 0 Å². The molecule has 2 N–H and O–H groups in total. The molecule has 0 saturated heterocycles. The van der Waals surface area contributed by atoms with Crippen LogP contribution < -0.4 is 0 Å². The van der Waals surface area contributed by atoms with Crippen molar-refractivity contribution in [2.24, 2.45) is 0 Å². The number of hydrogen-bond acceptors (Lipinski definition) is 1. The predicted molar refractivity (Wildman–Crippen MR) is 77.7 cm³/mol. The number of aliphatic carboxylic acids is 1. The molecule has 1 aromatic carbocycles. The molecule has 1 atom stereocenters. The molecule has 0 aliphatic heterocycles. The van der Waals surface area contributed by atoms with Crippen molar-refractivity contribution in [2.75, 3.05) is 0 Å². The van der Waals surface area contributed by atoms with Gasteiger partial charge in [0.2, 0.25) is 0 Å². The first kappa shape index (κ1) is 13.7. The van der Waals surface area contributed by atoms with Gasteiger partial charge in [-0.2, -0.15) is 0 Å². The van der Waals surface area contributed by atoms with E-state index < -0.39 is 5.97 Å². The van der Waals surface area contributed by atoms with Crippen molar-refractivity contribution in [2.45, 2.75) is 45.4 Å². The maximum Gasteiger partial charge on any atom is 0.303 e. The van der Waals surface area contributed by atoms with Crippen LogP contribution in [0.5, 0.6) is 0 Å². The fourth-order valence-electron chi connectivity index (χ4n) is 2.39. The molecule has 1 aromatic heterocycles. The van der Waals surface area contributed by atoms with E-state index in [-0.39, 0.29) is 17.8 Å². The third-order valence-corrected chi connectivity index (χ3v) is 3.59. The van der Waals surface area contributed by atoms with Crippen LogP contribution in [0.2, 0.25) is 0 Å². The molecule has 0 aliphatic rings. The minimum Gasteiger partial charge on any atom is -0.481 e. The summed E-state index contributed by atoms with van der Waals surface area (Å²) in [7, 11) is 0. The molecule has 0 aliphatic carbocycles. The Morgan fingerprint density at radius 1 is 1.37 bits per heavy atom. The maximum atomic E-state index is 10.9. The van der Waals surface area contributed by atoms with Gasteiger partial charge >= 0.3 is 5.97 Å². The Hall–Kier alpha value is -1.77. The van der Waals surface area contributed by atoms with E-state index in [1.807, 2.05) is 13.1 Å². The monoisotopic (exact) mass is 259 g/mol. The summed E-state index contributed by atoms with van der Waals surface area (Å²) in [6.45, 7) is 8.50. The highest BCUT2D eigenvalue weighted by molar-refractivity contribution is 5.85. The largest absolute Gasteiger partial charge is 0.481 e. The van der Waals surface area contributed by atoms with Crippen LogP contribution in [-0.2, 0) is 10.2 Å². The van der Waals surface area contributed by atoms with E-state index in [1.54, 1.807) is 0 Å². The predicted octanol–water partition coefficient (Wildman–Crippen LogP) is 4.04. The molecule has 3 nitrogen and oxygen atoms in total. The zero-order chi connectivity index (χ0) is 14.2. The van der Waals surface area contributed by atoms with Crippen LogP contribution in [0.3, 0.4) is 0 Å². The number of carboxylic acids is 1. The van der Waals surface area contributed by atoms with Crippen LogP contribution in [0.15, 0.2) is 24.4 Å². The molecule has 2 aromatic rings. The number of nitrogens with one attached hydrogen (secondary N) is 1. The number of aromatic amines is 1. The van der Waals surface area contributed by atoms with Gasteiger partial charge in [-0.3, -0.25) is 4.79 Å². The molecule has 19 heavy (non-hydrogen) atoms. The van der Waals surface area contributed by atoms with Crippen LogP contribution in [0.4, 0.5) is 0 Å². The highest BCUT2D eigenvalue weighted by atomic mass is 16.4. The Balaban J connectivity index is 2.48. The second-order valence-corrected chi connectivity index (χ2v) is 6.25. The lowest BCUT2D eigenvalue weighted by molar-refractivity contribution is -0.137. The maximum absolute atomic E-state index is 10.9. The Morgan fingerprint density at radius 3 is 2.63 bits per heavy atom. The molecular weight excluding hydrogens is 238 g/mol. The van der Waals surface area contributed by atoms with E-state index in [9.17, 15) is 4.79 Å². The summed E-state index contributed by atoms with van der Waals surface area (Å²) in [5.41, 5.74) is 3.52. The standard InChI is InChI=1S/C16H21NO2/c1-10(7-15(18)19)13-9-17-14-6-5-11(8-12(13)14)16(2,3)4/h5-6,8-10,17H,7H2,1-4H3,(H,18,19). The molecule has 0 spiro atoms. The van der Waals surface area contributed by atoms with Crippen molar-refractivity contribution in [3.63, 3.8) is 0 Å². The van der Waals surface area contributed by atoms with Crippen LogP contribution >= 0.6 is 0 Å². The van der Waals surface area contributed by atoms with Crippen molar-refractivity contribution in [3.05, 3.63) is 35.5 Å². The number of H-pyrrole nitrogens is 1. The molecule has 0 amide bonds. The number of fused-ring (bicyclic) bond motifs is 1. The Labute approximate surface area is 113 Å². The number of hydrogen-bond donors (Lipinski definition) is 2. The van der Waals surface area contributed by atoms with Crippen LogP contribution in [0, 0.1) is 0 Å². The smallest absolute Gasteiger partial charge is 0.303 e. The van der Waals surface area contributed by atoms with Gasteiger partial charge in [-0.05, 0) is 34.6 Å². The summed E-state index contributed by atoms with van der Waals surface area (Å²) < 4.78 is 0. The third-order valence-electron chi connectivity index (χ3n) is 3.59. The molecule has 0 fully saturated rings. The second kappa shape index (κ2) is 4.72. The first-order valence-electron chi connectivity index (χ1n) is 6.62. The van der Waals surface area contributed by atoms with E-state index in [0.29, 0.717) is 0 Å². The highest BCUT2D eigenvalue weighted by Crippen LogP contribution is 2.31. The van der Waals surface area contributed by atoms with Gasteiger partial charge in [-0.25, -0.2) is 0 Å². The van der Waals surface area contributed by atoms with Crippen molar-refractivity contribution >= 4 is 16.9 Å². The first-order chi connectivity index (χ1) is 8.79. The summed E-state index contributed by atoms with van der Waals surface area (Å²) in [4.78, 5) is 14.1. The Bertz CT molecular complexity index is 605. The summed E-state index contributed by atoms with van der Waals surface area (Å²) >= 11 is 0. The minimum absolute atomic E-state index is 0.0152. The number of benzene rings is 1. The fraction of sp³-hybridized carbons (Fsp3) is 0.438. The Morgan fingerprint density at radius 2 is 2.05 bits per heavy atom. The van der Waals surface area contributed by atoms with Crippen LogP contribution in [-0.4, -0.2) is 16.1 Å². The van der Waals surface area contributed by atoms with Gasteiger partial charge < -0.3 is 10.1 Å². The molecule has 3 heteroatoms. The summed E-state index contributed by atoms with van der Waals surface area (Å²) in [5.74, 6) is -0.740. The van der Waals surface area contributed by atoms with Gasteiger partial charge in [0.25, 0.3) is 0 Å². The topological polar surface area (TPSA) is 53.1 Å². The van der Waals surface area contributed by atoms with E-state index in [2.05, 4.69) is 44.0 Å². The second-order valence-electron chi connectivity index (χ2n) is 6.25. The van der Waals surface area contributed by atoms with Crippen molar-refractivity contribution < 1.29 is 9.90 Å². The lowest BCUT2D eigenvalue weighted by Crippen LogP contribution is -2.10. The highest BCUT2D eigenvalue weighted by Gasteiger charge is 2.18. The normalized spacial score (nSPS) is 13.7. The van der Waals surface area contributed by atoms with Gasteiger partial charge in [0.15, 0.2) is 0 Å². The summed E-state index contributed by atoms with van der Waals surface area (Å²) in [5, 5.41) is 10.1. The van der Waals surface area contributed by atoms with Gasteiger partial charge in [0, 0.05) is 17.1 Å². The van der Waals surface area contributed by atoms with E-state index in [1.165, 1.54) is 5.56 Å². The number of carboxylic acid groups (broad SMARTS) is 1. The van der Waals surface area contributed by atoms with E-state index in [4.69, 9.17) is 5.11 Å². The lowest BCUT2D eigenvalue weighted by Gasteiger charge is -2.19. The average Bonchev–Trinajstić information content (AvgIpc) is 2.69. The summed E-state index contributed by atoms with van der Waals surface area (Å²) in [6.07, 6.45) is 2.09. The first-order valence-corrected chi connectivity index (χ1v) is 6.62. The number of carbonyl (C=O) groups is 1. The molecule has 1 heterocycles. The quantitative estimate of drug-likeness (QED) is 0.873. The van der Waals surface area contributed by atoms with E-state index in [0.717, 1.165) is 16.5 Å².